The van der Waals surface area contributed by atoms with Crippen LogP contribution < -0.4 is 10.2 Å². The summed E-state index contributed by atoms with van der Waals surface area (Å²) in [5.74, 6) is -1.97. The van der Waals surface area contributed by atoms with E-state index in [0.29, 0.717) is 21.2 Å². The summed E-state index contributed by atoms with van der Waals surface area (Å²) in [5.41, 5.74) is 2.94. The van der Waals surface area contributed by atoms with Gasteiger partial charge in [-0.2, -0.15) is 0 Å². The fourth-order valence-corrected chi connectivity index (χ4v) is 8.01. The number of carbonyl (C=O) groups excluding carboxylic acids is 3. The summed E-state index contributed by atoms with van der Waals surface area (Å²) in [7, 11) is 0. The van der Waals surface area contributed by atoms with Crippen LogP contribution in [-0.4, -0.2) is 29.6 Å². The number of para-hydroxylation sites is 2. The number of halogens is 2. The fraction of sp³-hybridized carbons (Fsp3) is 0.156. The van der Waals surface area contributed by atoms with Crippen LogP contribution in [0.1, 0.15) is 38.1 Å². The lowest BCUT2D eigenvalue weighted by Crippen LogP contribution is -2.51. The highest BCUT2D eigenvalue weighted by Gasteiger charge is 2.70. The number of carbonyl (C=O) groups is 3. The summed E-state index contributed by atoms with van der Waals surface area (Å²) in [5, 5.41) is 5.46. The van der Waals surface area contributed by atoms with Crippen LogP contribution in [0.3, 0.4) is 0 Å². The van der Waals surface area contributed by atoms with E-state index in [-0.39, 0.29) is 28.1 Å². The van der Waals surface area contributed by atoms with Crippen molar-refractivity contribution in [1.29, 1.82) is 0 Å². The van der Waals surface area contributed by atoms with E-state index in [4.69, 9.17) is 23.2 Å². The Bertz CT molecular complexity index is 1770. The van der Waals surface area contributed by atoms with Gasteiger partial charge in [-0.25, -0.2) is 0 Å². The average molecular weight is 586 g/mol. The van der Waals surface area contributed by atoms with Gasteiger partial charge in [-0.15, -0.1) is 11.3 Å². The number of nitrogens with zero attached hydrogens (tertiary/aromatic N) is 1. The Morgan fingerprint density at radius 1 is 0.950 bits per heavy atom. The van der Waals surface area contributed by atoms with Gasteiger partial charge in [-0.05, 0) is 59.8 Å². The lowest BCUT2D eigenvalue weighted by Gasteiger charge is -2.39. The van der Waals surface area contributed by atoms with Crippen molar-refractivity contribution < 1.29 is 14.4 Å². The van der Waals surface area contributed by atoms with Gasteiger partial charge in [-0.3, -0.25) is 14.4 Å². The van der Waals surface area contributed by atoms with Crippen molar-refractivity contribution in [1.82, 2.24) is 0 Å². The number of nitrogens with one attached hydrogen (secondary N) is 1. The quantitative estimate of drug-likeness (QED) is 0.255. The molecule has 0 radical (unpaired) electrons. The Labute approximate surface area is 245 Å². The third-order valence-electron chi connectivity index (χ3n) is 8.40. The zero-order chi connectivity index (χ0) is 27.8. The molecule has 3 aromatic carbocycles. The normalized spacial score (nSPS) is 24.3. The number of allylic oxidation sites excluding steroid dienone is 1. The third-order valence-corrected chi connectivity index (χ3v) is 9.83. The van der Waals surface area contributed by atoms with Crippen molar-refractivity contribution in [3.63, 3.8) is 0 Å². The third kappa shape index (κ3) is 3.36. The van der Waals surface area contributed by atoms with E-state index in [0.717, 1.165) is 16.8 Å². The molecule has 3 aliphatic rings. The standard InChI is InChI=1S/C32H22Cl2N2O3S/c1-17-15-26-32(21-8-3-4-9-23(21)35-31(32)39)27(29(37)20-13-12-18(33)16-22(20)34)28(30(38)25-11-6-14-40-25)36(26)24-10-5-2-7-19(17)24/h2-16,26-28H,1H3,(H,35,39)/t26-,27+,28-,32+/m0/s1. The molecule has 0 bridgehead atoms. The monoisotopic (exact) mass is 584 g/mol. The van der Waals surface area contributed by atoms with E-state index in [9.17, 15) is 14.4 Å². The van der Waals surface area contributed by atoms with Gasteiger partial charge < -0.3 is 10.2 Å². The second kappa shape index (κ2) is 9.16. The predicted octanol–water partition coefficient (Wildman–Crippen LogP) is 7.30. The molecule has 198 valence electrons. The van der Waals surface area contributed by atoms with Gasteiger partial charge in [0.2, 0.25) is 5.91 Å². The molecule has 0 unspecified atom stereocenters. The molecular formula is C32H22Cl2N2O3S. The first kappa shape index (κ1) is 25.3. The number of fused-ring (bicyclic) bond motifs is 6. The highest BCUT2D eigenvalue weighted by molar-refractivity contribution is 7.12. The average Bonchev–Trinajstić information content (AvgIpc) is 3.65. The van der Waals surface area contributed by atoms with Gasteiger partial charge in [0.1, 0.15) is 11.5 Å². The summed E-state index contributed by atoms with van der Waals surface area (Å²) in [6.07, 6.45) is 2.04. The maximum atomic E-state index is 14.8. The first-order valence-electron chi connectivity index (χ1n) is 12.9. The highest BCUT2D eigenvalue weighted by Crippen LogP contribution is 2.59. The molecule has 5 nitrogen and oxygen atoms in total. The molecule has 8 heteroatoms. The molecule has 1 amide bonds. The van der Waals surface area contributed by atoms with Crippen LogP contribution in [0, 0.1) is 5.92 Å². The second-order valence-electron chi connectivity index (χ2n) is 10.3. The zero-order valence-corrected chi connectivity index (χ0v) is 23.6. The largest absolute Gasteiger partial charge is 0.352 e. The van der Waals surface area contributed by atoms with E-state index in [1.807, 2.05) is 77.9 Å². The predicted molar refractivity (Wildman–Crippen MR) is 160 cm³/mol. The van der Waals surface area contributed by atoms with Crippen LogP contribution in [0.5, 0.6) is 0 Å². The molecule has 4 atom stereocenters. The molecule has 7 rings (SSSR count). The molecule has 0 aliphatic carbocycles. The van der Waals surface area contributed by atoms with Crippen molar-refractivity contribution in [2.75, 3.05) is 10.2 Å². The minimum Gasteiger partial charge on any atom is -0.352 e. The number of hydrogen-bond donors (Lipinski definition) is 1. The van der Waals surface area contributed by atoms with E-state index >= 15 is 0 Å². The van der Waals surface area contributed by atoms with Crippen molar-refractivity contribution in [2.24, 2.45) is 5.92 Å². The first-order valence-corrected chi connectivity index (χ1v) is 14.5. The van der Waals surface area contributed by atoms with Crippen molar-refractivity contribution in [3.8, 4) is 0 Å². The number of ketones is 2. The number of hydrogen-bond acceptors (Lipinski definition) is 5. The molecule has 1 aromatic heterocycles. The molecule has 40 heavy (non-hydrogen) atoms. The van der Waals surface area contributed by atoms with Crippen LogP contribution >= 0.6 is 34.5 Å². The van der Waals surface area contributed by atoms with Crippen molar-refractivity contribution >= 4 is 69.0 Å². The van der Waals surface area contributed by atoms with E-state index < -0.39 is 23.4 Å². The van der Waals surface area contributed by atoms with Crippen LogP contribution in [0.25, 0.3) is 5.57 Å². The zero-order valence-electron chi connectivity index (χ0n) is 21.2. The first-order chi connectivity index (χ1) is 19.3. The SMILES string of the molecule is CC1=C[C@@H]2N(c3ccccc31)[C@H](C(=O)c1cccs1)[C@H](C(=O)c1ccc(Cl)cc1Cl)[C@]21C(=O)Nc2ccccc21. The molecule has 4 aromatic rings. The van der Waals surface area contributed by atoms with Crippen LogP contribution in [-0.2, 0) is 10.2 Å². The van der Waals surface area contributed by atoms with Gasteiger partial charge in [0.15, 0.2) is 11.6 Å². The molecule has 0 saturated carbocycles. The number of thiophene rings is 1. The minimum atomic E-state index is -1.39. The van der Waals surface area contributed by atoms with Crippen molar-refractivity contribution in [2.45, 2.75) is 24.4 Å². The van der Waals surface area contributed by atoms with E-state index in [2.05, 4.69) is 5.32 Å². The Hall–Kier alpha value is -3.71. The molecule has 1 fully saturated rings. The van der Waals surface area contributed by atoms with Crippen LogP contribution in [0.4, 0.5) is 11.4 Å². The number of anilines is 2. The number of Topliss-reactive ketones (excluding diaryl/α,β-unsaturated/α-hetero) is 2. The molecule has 1 spiro atoms. The molecule has 4 heterocycles. The molecule has 1 saturated heterocycles. The lowest BCUT2D eigenvalue weighted by molar-refractivity contribution is -0.121. The van der Waals surface area contributed by atoms with E-state index in [1.165, 1.54) is 17.4 Å². The topological polar surface area (TPSA) is 66.5 Å². The van der Waals surface area contributed by atoms with Gasteiger partial charge in [0, 0.05) is 27.5 Å². The highest BCUT2D eigenvalue weighted by atomic mass is 35.5. The summed E-state index contributed by atoms with van der Waals surface area (Å²) >= 11 is 14.1. The van der Waals surface area contributed by atoms with Gasteiger partial charge in [-0.1, -0.05) is 71.7 Å². The molecule has 3 aliphatic heterocycles. The maximum absolute atomic E-state index is 14.8. The van der Waals surface area contributed by atoms with Gasteiger partial charge in [0.25, 0.3) is 0 Å². The Morgan fingerprint density at radius 2 is 1.73 bits per heavy atom. The smallest absolute Gasteiger partial charge is 0.238 e. The lowest BCUT2D eigenvalue weighted by atomic mass is 9.64. The van der Waals surface area contributed by atoms with Crippen LogP contribution in [0.15, 0.2) is 90.3 Å². The molecular weight excluding hydrogens is 563 g/mol. The number of benzene rings is 3. The summed E-state index contributed by atoms with van der Waals surface area (Å²) in [6, 6.07) is 22.0. The van der Waals surface area contributed by atoms with Gasteiger partial charge in [0.05, 0.1) is 21.9 Å². The Morgan fingerprint density at radius 3 is 2.50 bits per heavy atom. The number of rotatable bonds is 4. The molecule has 1 N–H and O–H groups in total. The summed E-state index contributed by atoms with van der Waals surface area (Å²) in [6.45, 7) is 2.00. The maximum Gasteiger partial charge on any atom is 0.238 e. The fourth-order valence-electron chi connectivity index (χ4n) is 6.81. The Balaban J connectivity index is 1.57. The second-order valence-corrected chi connectivity index (χ2v) is 12.1. The van der Waals surface area contributed by atoms with E-state index in [1.54, 1.807) is 18.2 Å². The minimum absolute atomic E-state index is 0.179. The summed E-state index contributed by atoms with van der Waals surface area (Å²) < 4.78 is 0. The number of amides is 1. The summed E-state index contributed by atoms with van der Waals surface area (Å²) in [4.78, 5) is 46.2. The van der Waals surface area contributed by atoms with Gasteiger partial charge >= 0.3 is 0 Å². The van der Waals surface area contributed by atoms with Crippen molar-refractivity contribution in [3.05, 3.63) is 122 Å². The van der Waals surface area contributed by atoms with Crippen LogP contribution in [0.2, 0.25) is 10.0 Å². The Kier molecular flexibility index (Phi) is 5.79.